The van der Waals surface area contributed by atoms with Crippen LogP contribution in [-0.4, -0.2) is 41.7 Å². The van der Waals surface area contributed by atoms with Crippen molar-refractivity contribution in [1.82, 2.24) is 4.90 Å². The monoisotopic (exact) mass is 290 g/mol. The highest BCUT2D eigenvalue weighted by molar-refractivity contribution is 5.92. The minimum absolute atomic E-state index is 0.123. The summed E-state index contributed by atoms with van der Waals surface area (Å²) in [4.78, 5) is 13.2. The molecule has 0 unspecified atom stereocenters. The molecule has 0 aliphatic heterocycles. The summed E-state index contributed by atoms with van der Waals surface area (Å²) in [6.45, 7) is 3.26. The first-order valence-electron chi connectivity index (χ1n) is 5.94. The van der Waals surface area contributed by atoms with Crippen LogP contribution < -0.4 is 5.32 Å². The van der Waals surface area contributed by atoms with E-state index in [9.17, 15) is 23.1 Å². The number of likely N-dealkylation sites (N-methyl/N-ethyl adjacent to an activating group) is 1. The lowest BCUT2D eigenvalue weighted by molar-refractivity contribution is -0.117. The van der Waals surface area contributed by atoms with Crippen molar-refractivity contribution < 1.29 is 23.1 Å². The molecule has 1 rings (SSSR count). The van der Waals surface area contributed by atoms with E-state index in [2.05, 4.69) is 5.32 Å². The Kier molecular flexibility index (Phi) is 5.13. The maximum atomic E-state index is 13.3. The number of carbonyl (C=O) groups excluding carboxylic acids is 1. The SMILES string of the molecule is CN(CC(=O)Nc1ccc(F)c(F)c1F)CC(C)(C)O. The highest BCUT2D eigenvalue weighted by Crippen LogP contribution is 2.19. The van der Waals surface area contributed by atoms with Gasteiger partial charge in [0.15, 0.2) is 17.5 Å². The summed E-state index contributed by atoms with van der Waals surface area (Å²) in [5.41, 5.74) is -1.41. The summed E-state index contributed by atoms with van der Waals surface area (Å²) in [5, 5.41) is 11.7. The molecule has 1 amide bonds. The number of nitrogens with zero attached hydrogens (tertiary/aromatic N) is 1. The number of carbonyl (C=O) groups is 1. The van der Waals surface area contributed by atoms with Crippen molar-refractivity contribution in [2.45, 2.75) is 19.4 Å². The lowest BCUT2D eigenvalue weighted by Gasteiger charge is -2.24. The van der Waals surface area contributed by atoms with Crippen LogP contribution in [0.5, 0.6) is 0 Å². The van der Waals surface area contributed by atoms with E-state index in [1.54, 1.807) is 20.9 Å². The molecule has 0 aromatic heterocycles. The van der Waals surface area contributed by atoms with E-state index in [0.717, 1.165) is 12.1 Å². The van der Waals surface area contributed by atoms with Gasteiger partial charge in [0.1, 0.15) is 0 Å². The van der Waals surface area contributed by atoms with Gasteiger partial charge in [-0.1, -0.05) is 0 Å². The van der Waals surface area contributed by atoms with Crippen molar-refractivity contribution in [2.24, 2.45) is 0 Å². The third-order valence-corrected chi connectivity index (χ3v) is 2.38. The first-order valence-corrected chi connectivity index (χ1v) is 5.94. The molecule has 1 aromatic carbocycles. The number of aliphatic hydroxyl groups is 1. The van der Waals surface area contributed by atoms with Crippen molar-refractivity contribution >= 4 is 11.6 Å². The fraction of sp³-hybridized carbons (Fsp3) is 0.462. The summed E-state index contributed by atoms with van der Waals surface area (Å²) in [5.74, 6) is -4.99. The summed E-state index contributed by atoms with van der Waals surface area (Å²) in [7, 11) is 1.60. The highest BCUT2D eigenvalue weighted by atomic mass is 19.2. The molecule has 1 aromatic rings. The summed E-state index contributed by atoms with van der Waals surface area (Å²) in [6, 6.07) is 1.68. The minimum atomic E-state index is -1.63. The van der Waals surface area contributed by atoms with Crippen LogP contribution in [0.15, 0.2) is 12.1 Å². The van der Waals surface area contributed by atoms with E-state index in [0.29, 0.717) is 0 Å². The number of hydrogen-bond donors (Lipinski definition) is 2. The van der Waals surface area contributed by atoms with Gasteiger partial charge in [0, 0.05) is 6.54 Å². The van der Waals surface area contributed by atoms with Gasteiger partial charge >= 0.3 is 0 Å². The first kappa shape index (κ1) is 16.5. The van der Waals surface area contributed by atoms with Gasteiger partial charge in [0.2, 0.25) is 5.91 Å². The Balaban J connectivity index is 2.66. The minimum Gasteiger partial charge on any atom is -0.389 e. The molecule has 20 heavy (non-hydrogen) atoms. The van der Waals surface area contributed by atoms with E-state index < -0.39 is 34.6 Å². The Hall–Kier alpha value is -1.60. The highest BCUT2D eigenvalue weighted by Gasteiger charge is 2.19. The molecule has 0 heterocycles. The number of halogens is 3. The summed E-state index contributed by atoms with van der Waals surface area (Å²) >= 11 is 0. The molecule has 0 radical (unpaired) electrons. The maximum absolute atomic E-state index is 13.3. The molecule has 4 nitrogen and oxygen atoms in total. The zero-order chi connectivity index (χ0) is 15.5. The molecule has 0 spiro atoms. The molecule has 0 atom stereocenters. The predicted octanol–water partition coefficient (Wildman–Crippen LogP) is 1.75. The summed E-state index contributed by atoms with van der Waals surface area (Å²) < 4.78 is 39.1. The zero-order valence-electron chi connectivity index (χ0n) is 11.5. The van der Waals surface area contributed by atoms with Crippen LogP contribution in [0.1, 0.15) is 13.8 Å². The summed E-state index contributed by atoms with van der Waals surface area (Å²) in [6.07, 6.45) is 0. The molecule has 0 aliphatic rings. The topological polar surface area (TPSA) is 52.6 Å². The van der Waals surface area contributed by atoms with Gasteiger partial charge in [0.25, 0.3) is 0 Å². The van der Waals surface area contributed by atoms with E-state index >= 15 is 0 Å². The normalized spacial score (nSPS) is 11.8. The predicted molar refractivity (Wildman–Crippen MR) is 68.7 cm³/mol. The fourth-order valence-electron chi connectivity index (χ4n) is 1.77. The first-order chi connectivity index (χ1) is 9.10. The molecule has 0 saturated heterocycles. The molecular weight excluding hydrogens is 273 g/mol. The average Bonchev–Trinajstić information content (AvgIpc) is 2.27. The lowest BCUT2D eigenvalue weighted by Crippen LogP contribution is -2.40. The quantitative estimate of drug-likeness (QED) is 0.812. The third kappa shape index (κ3) is 4.82. The van der Waals surface area contributed by atoms with Crippen molar-refractivity contribution in [1.29, 1.82) is 0 Å². The fourth-order valence-corrected chi connectivity index (χ4v) is 1.77. The third-order valence-electron chi connectivity index (χ3n) is 2.38. The van der Waals surface area contributed by atoms with Gasteiger partial charge in [-0.3, -0.25) is 9.69 Å². The molecule has 112 valence electrons. The maximum Gasteiger partial charge on any atom is 0.238 e. The smallest absolute Gasteiger partial charge is 0.238 e. The Morgan fingerprint density at radius 3 is 2.45 bits per heavy atom. The van der Waals surface area contributed by atoms with Crippen LogP contribution in [0.2, 0.25) is 0 Å². The Bertz CT molecular complexity index is 501. The number of benzene rings is 1. The van der Waals surface area contributed by atoms with E-state index in [-0.39, 0.29) is 13.1 Å². The van der Waals surface area contributed by atoms with Crippen LogP contribution in [0.25, 0.3) is 0 Å². The van der Waals surface area contributed by atoms with Crippen molar-refractivity contribution in [3.8, 4) is 0 Å². The van der Waals surface area contributed by atoms with Gasteiger partial charge in [0.05, 0.1) is 17.8 Å². The van der Waals surface area contributed by atoms with E-state index in [4.69, 9.17) is 0 Å². The number of amides is 1. The number of hydrogen-bond acceptors (Lipinski definition) is 3. The lowest BCUT2D eigenvalue weighted by atomic mass is 10.1. The Labute approximate surface area is 115 Å². The van der Waals surface area contributed by atoms with Gasteiger partial charge in [-0.05, 0) is 33.0 Å². The second kappa shape index (κ2) is 6.23. The molecule has 2 N–H and O–H groups in total. The molecular formula is C13H17F3N2O2. The van der Waals surface area contributed by atoms with Crippen LogP contribution in [-0.2, 0) is 4.79 Å². The van der Waals surface area contributed by atoms with Crippen LogP contribution in [0, 0.1) is 17.5 Å². The second-order valence-electron chi connectivity index (χ2n) is 5.26. The van der Waals surface area contributed by atoms with Crippen LogP contribution >= 0.6 is 0 Å². The largest absolute Gasteiger partial charge is 0.389 e. The van der Waals surface area contributed by atoms with Gasteiger partial charge in [-0.15, -0.1) is 0 Å². The molecule has 0 saturated carbocycles. The number of anilines is 1. The Morgan fingerprint density at radius 1 is 1.30 bits per heavy atom. The molecule has 0 aliphatic carbocycles. The van der Waals surface area contributed by atoms with Crippen LogP contribution in [0.3, 0.4) is 0 Å². The zero-order valence-corrected chi connectivity index (χ0v) is 11.5. The average molecular weight is 290 g/mol. The number of rotatable bonds is 5. The number of nitrogens with one attached hydrogen (secondary N) is 1. The van der Waals surface area contributed by atoms with Gasteiger partial charge in [-0.25, -0.2) is 13.2 Å². The standard InChI is InChI=1S/C13H17F3N2O2/c1-13(2,20)7-18(3)6-10(19)17-9-5-4-8(14)11(15)12(9)16/h4-5,20H,6-7H2,1-3H3,(H,17,19). The molecule has 0 bridgehead atoms. The van der Waals surface area contributed by atoms with Gasteiger partial charge in [-0.2, -0.15) is 0 Å². The van der Waals surface area contributed by atoms with Crippen molar-refractivity contribution in [3.63, 3.8) is 0 Å². The van der Waals surface area contributed by atoms with E-state index in [1.807, 2.05) is 0 Å². The molecule has 0 fully saturated rings. The van der Waals surface area contributed by atoms with Crippen molar-refractivity contribution in [2.75, 3.05) is 25.5 Å². The van der Waals surface area contributed by atoms with Gasteiger partial charge < -0.3 is 10.4 Å². The Morgan fingerprint density at radius 2 is 1.90 bits per heavy atom. The molecule has 7 heteroatoms. The van der Waals surface area contributed by atoms with E-state index in [1.165, 1.54) is 4.90 Å². The van der Waals surface area contributed by atoms with Crippen LogP contribution in [0.4, 0.5) is 18.9 Å². The van der Waals surface area contributed by atoms with Crippen molar-refractivity contribution in [3.05, 3.63) is 29.6 Å². The second-order valence-corrected chi connectivity index (χ2v) is 5.26.